The van der Waals surface area contributed by atoms with E-state index in [1.165, 1.54) is 0 Å². The molecule has 1 fully saturated rings. The molecule has 2 heterocycles. The summed E-state index contributed by atoms with van der Waals surface area (Å²) in [5, 5.41) is 39.3. The second-order valence-corrected chi connectivity index (χ2v) is 5.72. The number of ether oxygens (including phenoxy) is 2. The minimum atomic E-state index is -1.60. The average Bonchev–Trinajstić information content (AvgIpc) is 2.98. The van der Waals surface area contributed by atoms with E-state index in [0.29, 0.717) is 0 Å². The summed E-state index contributed by atoms with van der Waals surface area (Å²) in [6.07, 6.45) is -5.62. The molecule has 0 radical (unpaired) electrons. The van der Waals surface area contributed by atoms with Gasteiger partial charge in [-0.15, -0.1) is 0 Å². The molecule has 0 spiro atoms. The van der Waals surface area contributed by atoms with Crippen LogP contribution in [-0.2, 0) is 20.7 Å². The van der Waals surface area contributed by atoms with Gasteiger partial charge < -0.3 is 34.9 Å². The third kappa shape index (κ3) is 3.14. The van der Waals surface area contributed by atoms with Crippen LogP contribution >= 0.6 is 0 Å². The molecule has 0 bridgehead atoms. The quantitative estimate of drug-likeness (QED) is 0.359. The lowest BCUT2D eigenvalue weighted by molar-refractivity contribution is -0.292. The molecule has 1 aliphatic heterocycles. The van der Waals surface area contributed by atoms with E-state index in [0.717, 1.165) is 16.5 Å². The van der Waals surface area contributed by atoms with Crippen LogP contribution in [0.5, 0.6) is 0 Å². The molecule has 1 saturated heterocycles. The van der Waals surface area contributed by atoms with E-state index in [2.05, 4.69) is 4.98 Å². The maximum atomic E-state index is 12.1. The molecular formula is C16H19NO7. The Morgan fingerprint density at radius 3 is 2.67 bits per heavy atom. The fraction of sp³-hybridized carbons (Fsp3) is 0.438. The molecule has 0 amide bonds. The van der Waals surface area contributed by atoms with Gasteiger partial charge in [0.1, 0.15) is 24.4 Å². The smallest absolute Gasteiger partial charge is 0.312 e. The fourth-order valence-electron chi connectivity index (χ4n) is 2.77. The second-order valence-electron chi connectivity index (χ2n) is 5.72. The van der Waals surface area contributed by atoms with Gasteiger partial charge in [0.15, 0.2) is 0 Å². The van der Waals surface area contributed by atoms with Gasteiger partial charge in [-0.25, -0.2) is 0 Å². The molecule has 2 aromatic rings. The number of aromatic amines is 1. The van der Waals surface area contributed by atoms with Gasteiger partial charge in [0.25, 0.3) is 0 Å². The van der Waals surface area contributed by atoms with Crippen molar-refractivity contribution >= 4 is 16.9 Å². The highest BCUT2D eigenvalue weighted by Gasteiger charge is 2.45. The van der Waals surface area contributed by atoms with Crippen molar-refractivity contribution in [1.82, 2.24) is 4.98 Å². The zero-order valence-electron chi connectivity index (χ0n) is 12.7. The minimum absolute atomic E-state index is 0.0565. The van der Waals surface area contributed by atoms with Crippen molar-refractivity contribution in [3.63, 3.8) is 0 Å². The number of fused-ring (bicyclic) bond motifs is 1. The zero-order chi connectivity index (χ0) is 17.3. The summed E-state index contributed by atoms with van der Waals surface area (Å²) in [4.78, 5) is 15.2. The van der Waals surface area contributed by atoms with Crippen molar-refractivity contribution in [3.05, 3.63) is 36.0 Å². The van der Waals surface area contributed by atoms with Crippen LogP contribution in [-0.4, -0.2) is 68.7 Å². The number of hydrogen-bond acceptors (Lipinski definition) is 7. The summed E-state index contributed by atoms with van der Waals surface area (Å²) < 4.78 is 10.2. The molecule has 5 N–H and O–H groups in total. The molecule has 8 nitrogen and oxygen atoms in total. The number of aliphatic hydroxyl groups excluding tert-OH is 4. The van der Waals surface area contributed by atoms with Gasteiger partial charge in [-0.05, 0) is 11.6 Å². The lowest BCUT2D eigenvalue weighted by atomic mass is 9.99. The Kier molecular flexibility index (Phi) is 4.83. The molecule has 24 heavy (non-hydrogen) atoms. The molecular weight excluding hydrogens is 319 g/mol. The first-order chi connectivity index (χ1) is 11.5. The van der Waals surface area contributed by atoms with Gasteiger partial charge in [0, 0.05) is 17.1 Å². The predicted molar refractivity (Wildman–Crippen MR) is 81.9 cm³/mol. The molecule has 8 heteroatoms. The number of hydrogen-bond donors (Lipinski definition) is 5. The number of carbonyl (C=O) groups is 1. The monoisotopic (exact) mass is 338 g/mol. The van der Waals surface area contributed by atoms with Crippen molar-refractivity contribution in [3.8, 4) is 0 Å². The van der Waals surface area contributed by atoms with Gasteiger partial charge in [0.2, 0.25) is 6.29 Å². The number of para-hydroxylation sites is 1. The number of aromatic nitrogens is 1. The first-order valence-corrected chi connectivity index (χ1v) is 7.56. The predicted octanol–water partition coefficient (Wildman–Crippen LogP) is -0.947. The van der Waals surface area contributed by atoms with Crippen LogP contribution in [0.4, 0.5) is 0 Å². The van der Waals surface area contributed by atoms with Gasteiger partial charge in [-0.3, -0.25) is 4.79 Å². The number of carbonyl (C=O) groups excluding carboxylic acids is 1. The molecule has 3 rings (SSSR count). The SMILES string of the molecule is O=[13C](Cc1c[nH]c2ccccc12)O[C@@H]1O[C@H](CO)[C@@H](O)[C@H](O)[C@H]1O. The van der Waals surface area contributed by atoms with Crippen molar-refractivity contribution in [2.45, 2.75) is 37.1 Å². The summed E-state index contributed by atoms with van der Waals surface area (Å²) >= 11 is 0. The van der Waals surface area contributed by atoms with Crippen molar-refractivity contribution in [1.29, 1.82) is 0 Å². The van der Waals surface area contributed by atoms with Crippen molar-refractivity contribution in [2.75, 3.05) is 6.61 Å². The number of esters is 1. The van der Waals surface area contributed by atoms with Gasteiger partial charge in [-0.1, -0.05) is 18.2 Å². The first-order valence-electron chi connectivity index (χ1n) is 7.56. The van der Waals surface area contributed by atoms with Crippen LogP contribution in [0.15, 0.2) is 30.5 Å². The van der Waals surface area contributed by atoms with Gasteiger partial charge in [0.05, 0.1) is 13.0 Å². The molecule has 0 aliphatic carbocycles. The summed E-state index contributed by atoms with van der Waals surface area (Å²) in [6, 6.07) is 7.46. The third-order valence-electron chi connectivity index (χ3n) is 4.11. The largest absolute Gasteiger partial charge is 0.432 e. The molecule has 0 saturated carbocycles. The Morgan fingerprint density at radius 2 is 1.92 bits per heavy atom. The van der Waals surface area contributed by atoms with Gasteiger partial charge in [-0.2, -0.15) is 0 Å². The molecule has 0 unspecified atom stereocenters. The van der Waals surface area contributed by atoms with E-state index in [9.17, 15) is 20.1 Å². The van der Waals surface area contributed by atoms with Crippen molar-refractivity contribution < 1.29 is 34.7 Å². The number of benzene rings is 1. The Labute approximate surface area is 137 Å². The zero-order valence-corrected chi connectivity index (χ0v) is 12.7. The Morgan fingerprint density at radius 1 is 1.17 bits per heavy atom. The first kappa shape index (κ1) is 16.9. The normalized spacial score (nSPS) is 30.4. The maximum absolute atomic E-state index is 12.1. The van der Waals surface area contributed by atoms with Crippen LogP contribution in [0.25, 0.3) is 10.9 Å². The van der Waals surface area contributed by atoms with Crippen LogP contribution in [0.2, 0.25) is 0 Å². The van der Waals surface area contributed by atoms with Crippen LogP contribution in [0.1, 0.15) is 5.56 Å². The number of rotatable bonds is 4. The average molecular weight is 338 g/mol. The highest BCUT2D eigenvalue weighted by molar-refractivity contribution is 5.87. The summed E-state index contributed by atoms with van der Waals surface area (Å²) in [7, 11) is 0. The fourth-order valence-corrected chi connectivity index (χ4v) is 2.77. The minimum Gasteiger partial charge on any atom is -0.432 e. The maximum Gasteiger partial charge on any atom is 0.312 e. The summed E-state index contributed by atoms with van der Waals surface area (Å²) in [5.74, 6) is -0.663. The summed E-state index contributed by atoms with van der Waals surface area (Å²) in [6.45, 7) is -0.582. The molecule has 130 valence electrons. The lowest BCUT2D eigenvalue weighted by Gasteiger charge is -2.39. The van der Waals surface area contributed by atoms with E-state index >= 15 is 0 Å². The third-order valence-corrected chi connectivity index (χ3v) is 4.11. The van der Waals surface area contributed by atoms with Crippen LogP contribution in [0, 0.1) is 0 Å². The highest BCUT2D eigenvalue weighted by atomic mass is 16.8. The number of nitrogens with one attached hydrogen (secondary N) is 1. The van der Waals surface area contributed by atoms with Crippen LogP contribution < -0.4 is 0 Å². The van der Waals surface area contributed by atoms with E-state index in [4.69, 9.17) is 14.6 Å². The van der Waals surface area contributed by atoms with Crippen molar-refractivity contribution in [2.24, 2.45) is 0 Å². The Bertz CT molecular complexity index is 713. The molecule has 1 aromatic heterocycles. The highest BCUT2D eigenvalue weighted by Crippen LogP contribution is 2.23. The molecule has 1 aliphatic rings. The number of aliphatic hydroxyl groups is 4. The summed E-state index contributed by atoms with van der Waals surface area (Å²) in [5.41, 5.74) is 1.60. The van der Waals surface area contributed by atoms with E-state index < -0.39 is 43.3 Å². The van der Waals surface area contributed by atoms with E-state index in [1.807, 2.05) is 24.3 Å². The van der Waals surface area contributed by atoms with E-state index in [-0.39, 0.29) is 6.42 Å². The number of H-pyrrole nitrogens is 1. The topological polar surface area (TPSA) is 132 Å². The lowest BCUT2D eigenvalue weighted by Crippen LogP contribution is -2.59. The molecule has 1 aromatic carbocycles. The van der Waals surface area contributed by atoms with E-state index in [1.54, 1.807) is 6.20 Å². The Hall–Kier alpha value is -1.97. The second kappa shape index (κ2) is 6.88. The van der Waals surface area contributed by atoms with Crippen LogP contribution in [0.3, 0.4) is 0 Å². The standard InChI is InChI=1S/C16H19NO7/c18-7-11-13(20)14(21)15(22)16(23-11)24-12(19)5-8-6-17-10-4-2-1-3-9(8)10/h1-4,6,11,13-18,20-22H,5,7H2/t11-,13-,14+,15-,16+/m1/s1/i12+1. The van der Waals surface area contributed by atoms with Gasteiger partial charge >= 0.3 is 5.97 Å². The molecule has 5 atom stereocenters. The Balaban J connectivity index is 1.68.